The van der Waals surface area contributed by atoms with Gasteiger partial charge in [-0.05, 0) is 51.1 Å². The van der Waals surface area contributed by atoms with Crippen LogP contribution in [0.4, 0.5) is 11.4 Å². The van der Waals surface area contributed by atoms with Gasteiger partial charge in [0.25, 0.3) is 5.91 Å². The van der Waals surface area contributed by atoms with Gasteiger partial charge in [0.15, 0.2) is 0 Å². The summed E-state index contributed by atoms with van der Waals surface area (Å²) in [5.74, 6) is 0.378. The van der Waals surface area contributed by atoms with E-state index in [0.717, 1.165) is 5.56 Å². The van der Waals surface area contributed by atoms with Crippen molar-refractivity contribution in [3.8, 4) is 5.75 Å². The lowest BCUT2D eigenvalue weighted by atomic mass is 9.93. The van der Waals surface area contributed by atoms with E-state index in [-0.39, 0.29) is 11.8 Å². The van der Waals surface area contributed by atoms with Crippen LogP contribution in [-0.4, -0.2) is 25.0 Å². The van der Waals surface area contributed by atoms with Gasteiger partial charge in [-0.15, -0.1) is 6.58 Å². The topological polar surface area (TPSA) is 58.6 Å². The molecule has 5 nitrogen and oxygen atoms in total. The van der Waals surface area contributed by atoms with Crippen molar-refractivity contribution in [2.45, 2.75) is 20.8 Å². The number of nitrogens with one attached hydrogen (secondary N) is 1. The Kier molecular flexibility index (Phi) is 5.04. The predicted octanol–water partition coefficient (Wildman–Crippen LogP) is 4.18. The molecule has 2 aromatic rings. The van der Waals surface area contributed by atoms with Crippen molar-refractivity contribution in [1.82, 2.24) is 0 Å². The highest BCUT2D eigenvalue weighted by atomic mass is 16.5. The van der Waals surface area contributed by atoms with Gasteiger partial charge in [-0.25, -0.2) is 0 Å². The number of anilines is 2. The molecule has 3 rings (SSSR count). The Morgan fingerprint density at radius 1 is 1.30 bits per heavy atom. The molecule has 0 radical (unpaired) electrons. The number of hydrogen-bond acceptors (Lipinski definition) is 3. The van der Waals surface area contributed by atoms with Crippen LogP contribution in [0.2, 0.25) is 0 Å². The van der Waals surface area contributed by atoms with E-state index < -0.39 is 5.41 Å². The molecule has 0 bridgehead atoms. The molecule has 1 N–H and O–H groups in total. The van der Waals surface area contributed by atoms with Crippen molar-refractivity contribution in [2.24, 2.45) is 5.41 Å². The molecule has 0 saturated carbocycles. The molecule has 0 atom stereocenters. The number of nitrogens with zero attached hydrogens (tertiary/aromatic N) is 1. The average molecular weight is 364 g/mol. The Balaban J connectivity index is 1.93. The second-order valence-electron chi connectivity index (χ2n) is 7.38. The summed E-state index contributed by atoms with van der Waals surface area (Å²) in [6.07, 6.45) is 1.68. The molecule has 2 aromatic carbocycles. The first kappa shape index (κ1) is 18.7. The average Bonchev–Trinajstić information content (AvgIpc) is 2.72. The summed E-state index contributed by atoms with van der Waals surface area (Å²) < 4.78 is 5.86. The lowest BCUT2D eigenvalue weighted by Gasteiger charge is -2.27. The Morgan fingerprint density at radius 2 is 2.07 bits per heavy atom. The number of carbonyl (C=O) groups excluding carboxylic acids is 2. The van der Waals surface area contributed by atoms with Crippen molar-refractivity contribution in [3.05, 3.63) is 66.2 Å². The molecule has 0 aliphatic carbocycles. The van der Waals surface area contributed by atoms with Crippen LogP contribution in [0.25, 0.3) is 0 Å². The van der Waals surface area contributed by atoms with Crippen molar-refractivity contribution in [1.29, 1.82) is 0 Å². The Labute approximate surface area is 159 Å². The minimum absolute atomic E-state index is 0.0386. The van der Waals surface area contributed by atoms with Crippen molar-refractivity contribution in [2.75, 3.05) is 23.4 Å². The zero-order valence-corrected chi connectivity index (χ0v) is 15.9. The summed E-state index contributed by atoms with van der Waals surface area (Å²) >= 11 is 0. The third kappa shape index (κ3) is 3.87. The zero-order valence-electron chi connectivity index (χ0n) is 15.9. The number of benzene rings is 2. The van der Waals surface area contributed by atoms with Gasteiger partial charge in [0.05, 0.1) is 11.1 Å². The van der Waals surface area contributed by atoms with Crippen LogP contribution in [0, 0.1) is 12.3 Å². The fraction of sp³-hybridized carbons (Fsp3) is 0.273. The molecule has 27 heavy (non-hydrogen) atoms. The van der Waals surface area contributed by atoms with Gasteiger partial charge < -0.3 is 15.0 Å². The fourth-order valence-corrected chi connectivity index (χ4v) is 3.02. The van der Waals surface area contributed by atoms with E-state index in [1.165, 1.54) is 0 Å². The van der Waals surface area contributed by atoms with E-state index in [4.69, 9.17) is 4.74 Å². The molecule has 0 fully saturated rings. The van der Waals surface area contributed by atoms with Gasteiger partial charge in [0.2, 0.25) is 5.91 Å². The van der Waals surface area contributed by atoms with Gasteiger partial charge in [0.1, 0.15) is 12.4 Å². The van der Waals surface area contributed by atoms with E-state index in [9.17, 15) is 9.59 Å². The van der Waals surface area contributed by atoms with Gasteiger partial charge >= 0.3 is 0 Å². The monoisotopic (exact) mass is 364 g/mol. The molecule has 0 spiro atoms. The first-order valence-electron chi connectivity index (χ1n) is 8.89. The van der Waals surface area contributed by atoms with E-state index >= 15 is 0 Å². The van der Waals surface area contributed by atoms with Crippen molar-refractivity contribution < 1.29 is 14.3 Å². The number of ether oxygens (including phenoxy) is 1. The van der Waals surface area contributed by atoms with Crippen LogP contribution in [0.3, 0.4) is 0 Å². The highest BCUT2D eigenvalue weighted by Crippen LogP contribution is 2.38. The largest absolute Gasteiger partial charge is 0.490 e. The summed E-state index contributed by atoms with van der Waals surface area (Å²) in [7, 11) is 0. The number of amides is 2. The first-order valence-corrected chi connectivity index (χ1v) is 8.89. The fourth-order valence-electron chi connectivity index (χ4n) is 3.02. The minimum Gasteiger partial charge on any atom is -0.490 e. The molecule has 1 heterocycles. The standard InChI is InChI=1S/C22H24N2O3/c1-5-11-24-18-13-17(23-20(25)16-8-6-7-15(2)12-16)9-10-19(18)27-14-22(3,4)21(24)26/h5-10,12-13H,1,11,14H2,2-4H3,(H,23,25). The highest BCUT2D eigenvalue weighted by Gasteiger charge is 2.37. The number of aryl methyl sites for hydroxylation is 1. The second-order valence-corrected chi connectivity index (χ2v) is 7.38. The second kappa shape index (κ2) is 7.27. The van der Waals surface area contributed by atoms with Crippen LogP contribution in [0.15, 0.2) is 55.1 Å². The Morgan fingerprint density at radius 3 is 2.78 bits per heavy atom. The number of fused-ring (bicyclic) bond motifs is 1. The summed E-state index contributed by atoms with van der Waals surface area (Å²) in [4.78, 5) is 27.1. The van der Waals surface area contributed by atoms with Crippen LogP contribution >= 0.6 is 0 Å². The molecule has 0 unspecified atom stereocenters. The molecule has 2 amide bonds. The van der Waals surface area contributed by atoms with E-state index in [1.807, 2.05) is 39.0 Å². The third-order valence-electron chi connectivity index (χ3n) is 4.51. The Bertz CT molecular complexity index is 902. The van der Waals surface area contributed by atoms with Crippen molar-refractivity contribution >= 4 is 23.2 Å². The molecule has 0 aromatic heterocycles. The van der Waals surface area contributed by atoms with Crippen LogP contribution in [0.5, 0.6) is 5.75 Å². The molecular formula is C22H24N2O3. The number of hydrogen-bond donors (Lipinski definition) is 1. The van der Waals surface area contributed by atoms with Crippen LogP contribution in [0.1, 0.15) is 29.8 Å². The maximum atomic E-state index is 12.9. The van der Waals surface area contributed by atoms with E-state index in [1.54, 1.807) is 35.2 Å². The molecule has 1 aliphatic rings. The maximum absolute atomic E-state index is 12.9. The maximum Gasteiger partial charge on any atom is 0.255 e. The molecule has 1 aliphatic heterocycles. The summed E-state index contributed by atoms with van der Waals surface area (Å²) in [6.45, 7) is 10.1. The predicted molar refractivity (Wildman–Crippen MR) is 107 cm³/mol. The first-order chi connectivity index (χ1) is 12.8. The highest BCUT2D eigenvalue weighted by molar-refractivity contribution is 6.05. The van der Waals surface area contributed by atoms with Crippen LogP contribution in [-0.2, 0) is 4.79 Å². The normalized spacial score (nSPS) is 15.4. The third-order valence-corrected chi connectivity index (χ3v) is 4.51. The molecule has 5 heteroatoms. The number of rotatable bonds is 4. The van der Waals surface area contributed by atoms with Crippen molar-refractivity contribution in [3.63, 3.8) is 0 Å². The van der Waals surface area contributed by atoms with E-state index in [2.05, 4.69) is 11.9 Å². The zero-order chi connectivity index (χ0) is 19.6. The van der Waals surface area contributed by atoms with Crippen LogP contribution < -0.4 is 15.0 Å². The smallest absolute Gasteiger partial charge is 0.255 e. The van der Waals surface area contributed by atoms with E-state index in [0.29, 0.717) is 35.8 Å². The minimum atomic E-state index is -0.646. The van der Waals surface area contributed by atoms with Gasteiger partial charge in [-0.1, -0.05) is 23.8 Å². The number of carbonyl (C=O) groups is 2. The van der Waals surface area contributed by atoms with Gasteiger partial charge in [-0.3, -0.25) is 9.59 Å². The molecular weight excluding hydrogens is 340 g/mol. The molecule has 140 valence electrons. The quantitative estimate of drug-likeness (QED) is 0.828. The lowest BCUT2D eigenvalue weighted by molar-refractivity contribution is -0.127. The van der Waals surface area contributed by atoms with Gasteiger partial charge in [0, 0.05) is 17.8 Å². The lowest BCUT2D eigenvalue weighted by Crippen LogP contribution is -2.42. The summed E-state index contributed by atoms with van der Waals surface area (Å²) in [6, 6.07) is 12.7. The summed E-state index contributed by atoms with van der Waals surface area (Å²) in [5, 5.41) is 2.90. The Hall–Kier alpha value is -3.08. The SMILES string of the molecule is C=CCN1C(=O)C(C)(C)COc2ccc(NC(=O)c3cccc(C)c3)cc21. The van der Waals surface area contributed by atoms with Gasteiger partial charge in [-0.2, -0.15) is 0 Å². The summed E-state index contributed by atoms with van der Waals surface area (Å²) in [5.41, 5.74) is 2.19. The molecule has 0 saturated heterocycles.